The summed E-state index contributed by atoms with van der Waals surface area (Å²) >= 11 is 1.62. The smallest absolute Gasteiger partial charge is 0.231 e. The molecule has 1 N–H and O–H groups in total. The van der Waals surface area contributed by atoms with Gasteiger partial charge in [0.05, 0.1) is 6.07 Å². The summed E-state index contributed by atoms with van der Waals surface area (Å²) in [7, 11) is 0. The summed E-state index contributed by atoms with van der Waals surface area (Å²) in [5.74, 6) is 2.13. The molecule has 2 aromatic carbocycles. The minimum atomic E-state index is -0.677. The molecule has 0 radical (unpaired) electrons. The third-order valence-corrected chi connectivity index (χ3v) is 6.57. The highest BCUT2D eigenvalue weighted by atomic mass is 32.2. The number of hydrogen-bond acceptors (Lipinski definition) is 7. The van der Waals surface area contributed by atoms with Crippen molar-refractivity contribution in [2.45, 2.75) is 44.2 Å². The normalized spacial score (nSPS) is 11.1. The van der Waals surface area contributed by atoms with Gasteiger partial charge in [-0.15, -0.1) is 0 Å². The molecular weight excluding hydrogens is 428 g/mol. The second-order valence-electron chi connectivity index (χ2n) is 7.65. The highest BCUT2D eigenvalue weighted by molar-refractivity contribution is 7.99. The zero-order valence-electron chi connectivity index (χ0n) is 19.7. The molecule has 0 atom stereocenters. The molecule has 0 saturated heterocycles. The van der Waals surface area contributed by atoms with E-state index in [2.05, 4.69) is 45.1 Å². The topological polar surface area (TPSA) is 77.7 Å². The van der Waals surface area contributed by atoms with Crippen molar-refractivity contribution in [3.8, 4) is 6.07 Å². The second kappa shape index (κ2) is 12.2. The Kier molecular flexibility index (Phi) is 9.08. The van der Waals surface area contributed by atoms with Gasteiger partial charge < -0.3 is 10.2 Å². The molecule has 0 spiro atoms. The minimum Gasteiger partial charge on any atom is -0.354 e. The van der Waals surface area contributed by atoms with E-state index in [1.807, 2.05) is 67.6 Å². The summed E-state index contributed by atoms with van der Waals surface area (Å²) < 4.78 is 0. The molecule has 0 fully saturated rings. The van der Waals surface area contributed by atoms with Gasteiger partial charge in [-0.05, 0) is 44.7 Å². The summed E-state index contributed by atoms with van der Waals surface area (Å²) in [6, 6.07) is 22.8. The minimum absolute atomic E-state index is 0.608. The number of nitrogens with one attached hydrogen (secondary N) is 1. The maximum atomic E-state index is 10.3. The van der Waals surface area contributed by atoms with Crippen LogP contribution in [0.3, 0.4) is 0 Å². The SMILES string of the molecule is CCNc1nc(SCCCC(C#N)(c2ccccc2)c2ccccc2)nc(N(CC)CC)n1. The van der Waals surface area contributed by atoms with E-state index in [1.165, 1.54) is 0 Å². The van der Waals surface area contributed by atoms with Crippen LogP contribution in [-0.4, -0.2) is 40.3 Å². The summed E-state index contributed by atoms with van der Waals surface area (Å²) in [6.45, 7) is 8.67. The number of aromatic nitrogens is 3. The van der Waals surface area contributed by atoms with Gasteiger partial charge in [0.25, 0.3) is 0 Å². The lowest BCUT2D eigenvalue weighted by molar-refractivity contribution is 0.585. The summed E-state index contributed by atoms with van der Waals surface area (Å²) in [5.41, 5.74) is 1.38. The fourth-order valence-electron chi connectivity index (χ4n) is 3.88. The van der Waals surface area contributed by atoms with Crippen LogP contribution in [0, 0.1) is 11.3 Å². The number of benzene rings is 2. The molecule has 0 aliphatic rings. The number of rotatable bonds is 12. The quantitative estimate of drug-likeness (QED) is 0.281. The Morgan fingerprint density at radius 1 is 0.909 bits per heavy atom. The van der Waals surface area contributed by atoms with Gasteiger partial charge in [0.2, 0.25) is 11.9 Å². The Labute approximate surface area is 201 Å². The van der Waals surface area contributed by atoms with Crippen molar-refractivity contribution in [3.63, 3.8) is 0 Å². The van der Waals surface area contributed by atoms with Gasteiger partial charge in [0.15, 0.2) is 5.16 Å². The Hall–Kier alpha value is -3.11. The van der Waals surface area contributed by atoms with Crippen molar-refractivity contribution in [1.29, 1.82) is 5.26 Å². The van der Waals surface area contributed by atoms with Gasteiger partial charge in [-0.3, -0.25) is 0 Å². The first-order chi connectivity index (χ1) is 16.2. The summed E-state index contributed by atoms with van der Waals surface area (Å²) in [4.78, 5) is 16.0. The first-order valence-electron chi connectivity index (χ1n) is 11.6. The number of nitriles is 1. The van der Waals surface area contributed by atoms with Crippen LogP contribution < -0.4 is 10.2 Å². The van der Waals surface area contributed by atoms with Gasteiger partial charge in [-0.25, -0.2) is 0 Å². The molecule has 0 bridgehead atoms. The third-order valence-electron chi connectivity index (χ3n) is 5.64. The molecule has 172 valence electrons. The van der Waals surface area contributed by atoms with Gasteiger partial charge in [-0.2, -0.15) is 20.2 Å². The van der Waals surface area contributed by atoms with Crippen LogP contribution in [0.2, 0.25) is 0 Å². The van der Waals surface area contributed by atoms with E-state index in [0.717, 1.165) is 49.4 Å². The zero-order chi connectivity index (χ0) is 23.5. The maximum absolute atomic E-state index is 10.3. The van der Waals surface area contributed by atoms with Crippen molar-refractivity contribution in [3.05, 3.63) is 71.8 Å². The number of nitrogens with zero attached hydrogens (tertiary/aromatic N) is 5. The van der Waals surface area contributed by atoms with Crippen molar-refractivity contribution in [2.24, 2.45) is 0 Å². The van der Waals surface area contributed by atoms with E-state index < -0.39 is 5.41 Å². The summed E-state index contributed by atoms with van der Waals surface area (Å²) in [5, 5.41) is 14.3. The fraction of sp³-hybridized carbons (Fsp3) is 0.385. The number of thioether (sulfide) groups is 1. The Morgan fingerprint density at radius 3 is 2.03 bits per heavy atom. The average Bonchev–Trinajstić information content (AvgIpc) is 2.86. The lowest BCUT2D eigenvalue weighted by Gasteiger charge is -2.28. The monoisotopic (exact) mass is 460 g/mol. The van der Waals surface area contributed by atoms with E-state index in [1.54, 1.807) is 11.8 Å². The molecule has 0 aliphatic carbocycles. The van der Waals surface area contributed by atoms with Crippen LogP contribution in [0.25, 0.3) is 0 Å². The first kappa shape index (κ1) is 24.5. The molecule has 0 saturated carbocycles. The maximum Gasteiger partial charge on any atom is 0.231 e. The molecule has 1 heterocycles. The first-order valence-corrected chi connectivity index (χ1v) is 12.5. The highest BCUT2D eigenvalue weighted by Gasteiger charge is 2.33. The zero-order valence-corrected chi connectivity index (χ0v) is 20.5. The number of anilines is 2. The molecule has 0 aliphatic heterocycles. The molecule has 3 aromatic rings. The van der Waals surface area contributed by atoms with Crippen LogP contribution in [-0.2, 0) is 5.41 Å². The van der Waals surface area contributed by atoms with Crippen LogP contribution in [0.4, 0.5) is 11.9 Å². The van der Waals surface area contributed by atoms with Gasteiger partial charge in [0, 0.05) is 25.4 Å². The van der Waals surface area contributed by atoms with E-state index in [4.69, 9.17) is 0 Å². The van der Waals surface area contributed by atoms with Crippen LogP contribution in [0.15, 0.2) is 65.8 Å². The Morgan fingerprint density at radius 2 is 1.52 bits per heavy atom. The van der Waals surface area contributed by atoms with Crippen molar-refractivity contribution >= 4 is 23.7 Å². The van der Waals surface area contributed by atoms with E-state index in [0.29, 0.717) is 17.1 Å². The second-order valence-corrected chi connectivity index (χ2v) is 8.71. The van der Waals surface area contributed by atoms with E-state index in [9.17, 15) is 5.26 Å². The predicted octanol–water partition coefficient (Wildman–Crippen LogP) is 5.53. The average molecular weight is 461 g/mol. The molecule has 33 heavy (non-hydrogen) atoms. The molecule has 0 unspecified atom stereocenters. The van der Waals surface area contributed by atoms with Crippen LogP contribution >= 0.6 is 11.8 Å². The highest BCUT2D eigenvalue weighted by Crippen LogP contribution is 2.37. The van der Waals surface area contributed by atoms with Gasteiger partial charge in [0.1, 0.15) is 5.41 Å². The van der Waals surface area contributed by atoms with Crippen molar-refractivity contribution in [1.82, 2.24) is 15.0 Å². The third kappa shape index (κ3) is 6.02. The summed E-state index contributed by atoms with van der Waals surface area (Å²) in [6.07, 6.45) is 1.57. The Bertz CT molecular complexity index is 992. The van der Waals surface area contributed by atoms with Crippen LogP contribution in [0.5, 0.6) is 0 Å². The number of hydrogen-bond donors (Lipinski definition) is 1. The molecule has 7 heteroatoms. The van der Waals surface area contributed by atoms with Crippen molar-refractivity contribution in [2.75, 3.05) is 35.6 Å². The van der Waals surface area contributed by atoms with Crippen molar-refractivity contribution < 1.29 is 0 Å². The largest absolute Gasteiger partial charge is 0.354 e. The standard InChI is InChI=1S/C26H32N6S/c1-4-28-23-29-24(32(5-2)6-3)31-25(30-23)33-19-13-18-26(20-27,21-14-9-7-10-15-21)22-16-11-8-12-17-22/h7-12,14-17H,4-6,13,18-19H2,1-3H3,(H,28,29,30,31). The van der Waals surface area contributed by atoms with E-state index in [-0.39, 0.29) is 0 Å². The molecule has 3 rings (SSSR count). The predicted molar refractivity (Wildman–Crippen MR) is 137 cm³/mol. The van der Waals surface area contributed by atoms with Crippen LogP contribution in [0.1, 0.15) is 44.7 Å². The van der Waals surface area contributed by atoms with Gasteiger partial charge in [-0.1, -0.05) is 72.4 Å². The lowest BCUT2D eigenvalue weighted by Crippen LogP contribution is -2.26. The fourth-order valence-corrected chi connectivity index (χ4v) is 4.65. The molecule has 0 amide bonds. The van der Waals surface area contributed by atoms with E-state index >= 15 is 0 Å². The van der Waals surface area contributed by atoms with Gasteiger partial charge >= 0.3 is 0 Å². The lowest BCUT2D eigenvalue weighted by atomic mass is 9.72. The molecular formula is C26H32N6S. The Balaban J connectivity index is 1.77. The molecule has 1 aromatic heterocycles. The molecule has 6 nitrogen and oxygen atoms in total.